The lowest BCUT2D eigenvalue weighted by atomic mass is 10.1. The van der Waals surface area contributed by atoms with Crippen molar-refractivity contribution in [3.8, 4) is 5.75 Å². The van der Waals surface area contributed by atoms with Crippen LogP contribution in [0.4, 0.5) is 0 Å². The first kappa shape index (κ1) is 15.9. The number of carbonyl (C=O) groups excluding carboxylic acids is 1. The van der Waals surface area contributed by atoms with E-state index in [0.717, 1.165) is 5.69 Å². The summed E-state index contributed by atoms with van der Waals surface area (Å²) in [6, 6.07) is 2.77. The molecule has 8 heteroatoms. The molecule has 1 fully saturated rings. The first-order valence-electron chi connectivity index (χ1n) is 7.24. The molecule has 0 saturated carbocycles. The Morgan fingerprint density at radius 2 is 2.39 bits per heavy atom. The van der Waals surface area contributed by atoms with Crippen molar-refractivity contribution in [1.82, 2.24) is 15.3 Å². The number of hydrogen-bond donors (Lipinski definition) is 2. The Morgan fingerprint density at radius 1 is 1.48 bits per heavy atom. The molecular formula is C15H17N3O4S. The second-order valence-electron chi connectivity index (χ2n) is 5.17. The summed E-state index contributed by atoms with van der Waals surface area (Å²) in [4.78, 5) is 20.3. The van der Waals surface area contributed by atoms with E-state index in [9.17, 15) is 9.90 Å². The Kier molecular flexibility index (Phi) is 5.16. The molecule has 0 aromatic carbocycles. The molecule has 3 heterocycles. The number of nitrogens with zero attached hydrogens (tertiary/aromatic N) is 2. The van der Waals surface area contributed by atoms with Crippen LogP contribution >= 0.6 is 11.3 Å². The van der Waals surface area contributed by atoms with Gasteiger partial charge in [0, 0.05) is 12.0 Å². The molecule has 2 aromatic rings. The van der Waals surface area contributed by atoms with E-state index >= 15 is 0 Å². The van der Waals surface area contributed by atoms with Crippen molar-refractivity contribution >= 4 is 17.2 Å². The topological polar surface area (TPSA) is 93.6 Å². The van der Waals surface area contributed by atoms with Gasteiger partial charge in [-0.15, -0.1) is 11.3 Å². The fraction of sp³-hybridized carbons (Fsp3) is 0.400. The number of amides is 1. The largest absolute Gasteiger partial charge is 0.506 e. The number of ether oxygens (including phenoxy) is 2. The molecule has 0 unspecified atom stereocenters. The SMILES string of the molecule is O=C(N[C@@H]1CCOC[C@H]1OCc1cscn1)c1ccc(O)cn1. The van der Waals surface area contributed by atoms with Gasteiger partial charge in [-0.05, 0) is 18.6 Å². The number of rotatable bonds is 5. The highest BCUT2D eigenvalue weighted by Gasteiger charge is 2.28. The van der Waals surface area contributed by atoms with Crippen LogP contribution in [0.2, 0.25) is 0 Å². The van der Waals surface area contributed by atoms with Gasteiger partial charge in [0.25, 0.3) is 5.91 Å². The summed E-state index contributed by atoms with van der Waals surface area (Å²) in [6.07, 6.45) is 1.69. The second kappa shape index (κ2) is 7.49. The van der Waals surface area contributed by atoms with Gasteiger partial charge in [-0.1, -0.05) is 0 Å². The maximum Gasteiger partial charge on any atom is 0.270 e. The van der Waals surface area contributed by atoms with Crippen LogP contribution in [-0.4, -0.2) is 46.3 Å². The summed E-state index contributed by atoms with van der Waals surface area (Å²) >= 11 is 1.52. The van der Waals surface area contributed by atoms with Crippen molar-refractivity contribution < 1.29 is 19.4 Å². The Hall–Kier alpha value is -2.03. The predicted octanol–water partition coefficient (Wildman–Crippen LogP) is 1.35. The number of pyridine rings is 1. The molecule has 1 saturated heterocycles. The van der Waals surface area contributed by atoms with Gasteiger partial charge in [0.1, 0.15) is 17.5 Å². The third-order valence-corrected chi connectivity index (χ3v) is 4.17. The Morgan fingerprint density at radius 3 is 3.13 bits per heavy atom. The molecule has 1 aliphatic heterocycles. The molecule has 2 aromatic heterocycles. The fourth-order valence-corrected chi connectivity index (χ4v) is 2.85. The number of aromatic nitrogens is 2. The van der Waals surface area contributed by atoms with Gasteiger partial charge >= 0.3 is 0 Å². The highest BCUT2D eigenvalue weighted by molar-refractivity contribution is 7.07. The molecule has 7 nitrogen and oxygen atoms in total. The minimum Gasteiger partial charge on any atom is -0.506 e. The van der Waals surface area contributed by atoms with E-state index in [-0.39, 0.29) is 29.5 Å². The molecule has 122 valence electrons. The molecule has 1 aliphatic rings. The second-order valence-corrected chi connectivity index (χ2v) is 5.89. The van der Waals surface area contributed by atoms with E-state index < -0.39 is 0 Å². The standard InChI is InChI=1S/C15H17N3O4S/c19-11-1-2-13(16-5-11)15(20)18-12-3-4-21-7-14(12)22-6-10-8-23-9-17-10/h1-2,5,8-9,12,14,19H,3-4,6-7H2,(H,18,20)/t12-,14-/m1/s1. The van der Waals surface area contributed by atoms with Crippen LogP contribution in [0.25, 0.3) is 0 Å². The van der Waals surface area contributed by atoms with Crippen LogP contribution in [0, 0.1) is 0 Å². The molecule has 23 heavy (non-hydrogen) atoms. The minimum atomic E-state index is -0.292. The van der Waals surface area contributed by atoms with Gasteiger partial charge < -0.3 is 19.9 Å². The number of nitrogens with one attached hydrogen (secondary N) is 1. The lowest BCUT2D eigenvalue weighted by Gasteiger charge is -2.31. The number of carbonyl (C=O) groups is 1. The lowest BCUT2D eigenvalue weighted by molar-refractivity contribution is -0.0742. The van der Waals surface area contributed by atoms with Crippen LogP contribution in [-0.2, 0) is 16.1 Å². The van der Waals surface area contributed by atoms with E-state index in [1.807, 2.05) is 5.38 Å². The fourth-order valence-electron chi connectivity index (χ4n) is 2.31. The molecule has 2 N–H and O–H groups in total. The van der Waals surface area contributed by atoms with Crippen LogP contribution in [0.1, 0.15) is 22.6 Å². The summed E-state index contributed by atoms with van der Waals surface area (Å²) in [5.74, 6) is -0.267. The number of aromatic hydroxyl groups is 1. The van der Waals surface area contributed by atoms with Gasteiger partial charge in [-0.2, -0.15) is 0 Å². The molecule has 3 rings (SSSR count). The van der Waals surface area contributed by atoms with Crippen LogP contribution in [0.3, 0.4) is 0 Å². The normalized spacial score (nSPS) is 21.0. The van der Waals surface area contributed by atoms with E-state index in [1.54, 1.807) is 5.51 Å². The van der Waals surface area contributed by atoms with Crippen molar-refractivity contribution in [3.63, 3.8) is 0 Å². The summed E-state index contributed by atoms with van der Waals surface area (Å²) < 4.78 is 11.3. The first-order valence-corrected chi connectivity index (χ1v) is 8.19. The van der Waals surface area contributed by atoms with E-state index in [2.05, 4.69) is 15.3 Å². The van der Waals surface area contributed by atoms with E-state index in [0.29, 0.717) is 26.2 Å². The van der Waals surface area contributed by atoms with Gasteiger partial charge in [0.05, 0.1) is 36.7 Å². The third-order valence-electron chi connectivity index (χ3n) is 3.53. The third kappa shape index (κ3) is 4.25. The van der Waals surface area contributed by atoms with E-state index in [4.69, 9.17) is 9.47 Å². The monoisotopic (exact) mass is 335 g/mol. The van der Waals surface area contributed by atoms with Gasteiger partial charge in [0.15, 0.2) is 0 Å². The zero-order valence-electron chi connectivity index (χ0n) is 12.3. The van der Waals surface area contributed by atoms with Crippen molar-refractivity contribution in [3.05, 3.63) is 40.6 Å². The van der Waals surface area contributed by atoms with Gasteiger partial charge in [-0.3, -0.25) is 4.79 Å². The van der Waals surface area contributed by atoms with Crippen molar-refractivity contribution in [1.29, 1.82) is 0 Å². The molecule has 0 aliphatic carbocycles. The molecule has 0 spiro atoms. The highest BCUT2D eigenvalue weighted by Crippen LogP contribution is 2.15. The zero-order chi connectivity index (χ0) is 16.1. The maximum atomic E-state index is 12.2. The predicted molar refractivity (Wildman–Crippen MR) is 83.3 cm³/mol. The molecular weight excluding hydrogens is 318 g/mol. The lowest BCUT2D eigenvalue weighted by Crippen LogP contribution is -2.50. The molecule has 0 radical (unpaired) electrons. The summed E-state index contributed by atoms with van der Waals surface area (Å²) in [7, 11) is 0. The maximum absolute atomic E-state index is 12.2. The van der Waals surface area contributed by atoms with E-state index in [1.165, 1.54) is 29.7 Å². The molecule has 2 atom stereocenters. The smallest absolute Gasteiger partial charge is 0.270 e. The van der Waals surface area contributed by atoms with Crippen molar-refractivity contribution in [2.45, 2.75) is 25.2 Å². The Balaban J connectivity index is 1.59. The highest BCUT2D eigenvalue weighted by atomic mass is 32.1. The van der Waals surface area contributed by atoms with Crippen molar-refractivity contribution in [2.75, 3.05) is 13.2 Å². The Labute approximate surface area is 137 Å². The van der Waals surface area contributed by atoms with Crippen LogP contribution in [0.15, 0.2) is 29.2 Å². The van der Waals surface area contributed by atoms with Gasteiger partial charge in [0.2, 0.25) is 0 Å². The Bertz CT molecular complexity index is 633. The zero-order valence-corrected chi connectivity index (χ0v) is 13.2. The van der Waals surface area contributed by atoms with Crippen molar-refractivity contribution in [2.24, 2.45) is 0 Å². The molecule has 0 bridgehead atoms. The average Bonchev–Trinajstić information content (AvgIpc) is 3.08. The van der Waals surface area contributed by atoms with Crippen LogP contribution in [0.5, 0.6) is 5.75 Å². The van der Waals surface area contributed by atoms with Gasteiger partial charge in [-0.25, -0.2) is 9.97 Å². The quantitative estimate of drug-likeness (QED) is 0.857. The number of hydrogen-bond acceptors (Lipinski definition) is 7. The first-order chi connectivity index (χ1) is 11.2. The average molecular weight is 335 g/mol. The minimum absolute atomic E-state index is 0.0251. The summed E-state index contributed by atoms with van der Waals surface area (Å²) in [5.41, 5.74) is 2.88. The molecule has 1 amide bonds. The summed E-state index contributed by atoms with van der Waals surface area (Å²) in [6.45, 7) is 1.39. The summed E-state index contributed by atoms with van der Waals surface area (Å²) in [5, 5.41) is 14.1. The van der Waals surface area contributed by atoms with Crippen LogP contribution < -0.4 is 5.32 Å². The number of thiazole rings is 1.